The number of rotatable bonds is 4. The van der Waals surface area contributed by atoms with Crippen molar-refractivity contribution < 1.29 is 4.74 Å². The Morgan fingerprint density at radius 2 is 1.92 bits per heavy atom. The second-order valence-corrected chi connectivity index (χ2v) is 5.94. The average Bonchev–Trinajstić information content (AvgIpc) is 3.18. The molecule has 6 heteroatoms. The molecule has 1 saturated heterocycles. The summed E-state index contributed by atoms with van der Waals surface area (Å²) in [6.45, 7) is 3.55. The summed E-state index contributed by atoms with van der Waals surface area (Å²) in [5.41, 5.74) is 3.49. The Hall–Kier alpha value is -2.57. The van der Waals surface area contributed by atoms with Gasteiger partial charge in [-0.3, -0.25) is 4.90 Å². The molecule has 0 saturated carbocycles. The molecule has 122 valence electrons. The molecule has 2 aromatic carbocycles. The van der Waals surface area contributed by atoms with E-state index in [1.807, 2.05) is 18.2 Å². The van der Waals surface area contributed by atoms with Crippen molar-refractivity contribution in [1.82, 2.24) is 25.5 Å². The number of ether oxygens (including phenoxy) is 1. The number of tetrazole rings is 1. The SMILES string of the molecule is c1ccc(C2CN(Cc3ccc(-c4nn[nH]n4)cc3)CCO2)cc1. The first-order chi connectivity index (χ1) is 11.9. The minimum Gasteiger partial charge on any atom is -0.371 e. The number of H-pyrrole nitrogens is 1. The van der Waals surface area contributed by atoms with Crippen LogP contribution in [0.4, 0.5) is 0 Å². The van der Waals surface area contributed by atoms with E-state index < -0.39 is 0 Å². The molecule has 1 unspecified atom stereocenters. The van der Waals surface area contributed by atoms with Crippen molar-refractivity contribution in [2.24, 2.45) is 0 Å². The van der Waals surface area contributed by atoms with E-state index >= 15 is 0 Å². The molecular formula is C18H19N5O. The molecule has 1 aliphatic heterocycles. The molecule has 1 N–H and O–H groups in total. The van der Waals surface area contributed by atoms with Crippen LogP contribution in [0, 0.1) is 0 Å². The normalized spacial score (nSPS) is 18.6. The molecule has 1 aromatic heterocycles. The van der Waals surface area contributed by atoms with Gasteiger partial charge in [-0.2, -0.15) is 5.21 Å². The van der Waals surface area contributed by atoms with Crippen LogP contribution in [0.3, 0.4) is 0 Å². The zero-order valence-corrected chi connectivity index (χ0v) is 13.3. The van der Waals surface area contributed by atoms with E-state index in [1.54, 1.807) is 0 Å². The van der Waals surface area contributed by atoms with Crippen LogP contribution < -0.4 is 0 Å². The van der Waals surface area contributed by atoms with Crippen molar-refractivity contribution in [3.63, 3.8) is 0 Å². The van der Waals surface area contributed by atoms with E-state index in [0.29, 0.717) is 5.82 Å². The monoisotopic (exact) mass is 321 g/mol. The quantitative estimate of drug-likeness (QED) is 0.799. The van der Waals surface area contributed by atoms with Crippen LogP contribution in [0.1, 0.15) is 17.2 Å². The van der Waals surface area contributed by atoms with Gasteiger partial charge in [-0.25, -0.2) is 0 Å². The third-order valence-corrected chi connectivity index (χ3v) is 4.29. The zero-order chi connectivity index (χ0) is 16.2. The Morgan fingerprint density at radius 1 is 1.08 bits per heavy atom. The van der Waals surface area contributed by atoms with Gasteiger partial charge < -0.3 is 4.74 Å². The second kappa shape index (κ2) is 6.90. The van der Waals surface area contributed by atoms with Crippen LogP contribution in [0.25, 0.3) is 11.4 Å². The molecule has 0 amide bonds. The summed E-state index contributed by atoms with van der Waals surface area (Å²) in [6.07, 6.45) is 0.151. The number of aromatic nitrogens is 4. The number of hydrogen-bond acceptors (Lipinski definition) is 5. The van der Waals surface area contributed by atoms with Gasteiger partial charge in [0.1, 0.15) is 0 Å². The van der Waals surface area contributed by atoms with Crippen LogP contribution in [-0.4, -0.2) is 45.2 Å². The predicted octanol–water partition coefficient (Wildman–Crippen LogP) is 2.44. The van der Waals surface area contributed by atoms with Crippen LogP contribution in [0.2, 0.25) is 0 Å². The van der Waals surface area contributed by atoms with Gasteiger partial charge in [0.25, 0.3) is 0 Å². The highest BCUT2D eigenvalue weighted by atomic mass is 16.5. The molecule has 1 atom stereocenters. The number of aromatic amines is 1. The Labute approximate surface area is 140 Å². The summed E-state index contributed by atoms with van der Waals surface area (Å²) < 4.78 is 5.93. The largest absolute Gasteiger partial charge is 0.371 e. The van der Waals surface area contributed by atoms with Gasteiger partial charge in [0.15, 0.2) is 0 Å². The first-order valence-electron chi connectivity index (χ1n) is 8.10. The number of hydrogen-bond donors (Lipinski definition) is 1. The lowest BCUT2D eigenvalue weighted by atomic mass is 10.1. The number of nitrogens with one attached hydrogen (secondary N) is 1. The molecular weight excluding hydrogens is 302 g/mol. The molecule has 0 spiro atoms. The highest BCUT2D eigenvalue weighted by Crippen LogP contribution is 2.23. The summed E-state index contributed by atoms with van der Waals surface area (Å²) in [5, 5.41) is 14.1. The molecule has 0 radical (unpaired) electrons. The van der Waals surface area contributed by atoms with E-state index in [-0.39, 0.29) is 6.10 Å². The zero-order valence-electron chi connectivity index (χ0n) is 13.3. The highest BCUT2D eigenvalue weighted by Gasteiger charge is 2.21. The van der Waals surface area contributed by atoms with Crippen molar-refractivity contribution in [1.29, 1.82) is 0 Å². The van der Waals surface area contributed by atoms with Crippen molar-refractivity contribution in [3.8, 4) is 11.4 Å². The maximum atomic E-state index is 5.93. The third kappa shape index (κ3) is 3.34. The molecule has 0 aliphatic carbocycles. The fraction of sp³-hybridized carbons (Fsp3) is 0.278. The maximum Gasteiger partial charge on any atom is 0.204 e. The fourth-order valence-corrected chi connectivity index (χ4v) is 3.02. The van der Waals surface area contributed by atoms with E-state index in [1.165, 1.54) is 11.1 Å². The average molecular weight is 321 g/mol. The lowest BCUT2D eigenvalue weighted by Gasteiger charge is -2.33. The number of benzene rings is 2. The summed E-state index contributed by atoms with van der Waals surface area (Å²) >= 11 is 0. The summed E-state index contributed by atoms with van der Waals surface area (Å²) in [7, 11) is 0. The molecule has 0 bridgehead atoms. The summed E-state index contributed by atoms with van der Waals surface area (Å²) in [4.78, 5) is 2.44. The van der Waals surface area contributed by atoms with Gasteiger partial charge in [0.2, 0.25) is 5.82 Å². The van der Waals surface area contributed by atoms with Crippen molar-refractivity contribution in [2.75, 3.05) is 19.7 Å². The molecule has 6 nitrogen and oxygen atoms in total. The number of nitrogens with zero attached hydrogens (tertiary/aromatic N) is 4. The first-order valence-corrected chi connectivity index (χ1v) is 8.10. The molecule has 24 heavy (non-hydrogen) atoms. The fourth-order valence-electron chi connectivity index (χ4n) is 3.02. The lowest BCUT2D eigenvalue weighted by Crippen LogP contribution is -2.37. The first kappa shape index (κ1) is 15.0. The standard InChI is InChI=1S/C18H19N5O/c1-2-4-15(5-3-1)17-13-23(10-11-24-17)12-14-6-8-16(9-7-14)18-19-21-22-20-18/h1-9,17H,10-13H2,(H,19,20,21,22). The van der Waals surface area contributed by atoms with Crippen LogP contribution in [0.5, 0.6) is 0 Å². The van der Waals surface area contributed by atoms with Crippen molar-refractivity contribution in [3.05, 3.63) is 65.7 Å². The maximum absolute atomic E-state index is 5.93. The van der Waals surface area contributed by atoms with Crippen LogP contribution in [0.15, 0.2) is 54.6 Å². The molecule has 1 fully saturated rings. The van der Waals surface area contributed by atoms with Gasteiger partial charge in [-0.15, -0.1) is 10.2 Å². The Bertz CT molecular complexity index is 758. The van der Waals surface area contributed by atoms with Gasteiger partial charge >= 0.3 is 0 Å². The Kier molecular flexibility index (Phi) is 4.31. The Morgan fingerprint density at radius 3 is 2.67 bits per heavy atom. The highest BCUT2D eigenvalue weighted by molar-refractivity contribution is 5.54. The van der Waals surface area contributed by atoms with Crippen molar-refractivity contribution >= 4 is 0 Å². The van der Waals surface area contributed by atoms with Gasteiger partial charge in [0.05, 0.1) is 12.7 Å². The van der Waals surface area contributed by atoms with Crippen molar-refractivity contribution in [2.45, 2.75) is 12.6 Å². The van der Waals surface area contributed by atoms with Crippen LogP contribution >= 0.6 is 0 Å². The van der Waals surface area contributed by atoms with E-state index in [0.717, 1.165) is 31.8 Å². The van der Waals surface area contributed by atoms with E-state index in [9.17, 15) is 0 Å². The van der Waals surface area contributed by atoms with Gasteiger partial charge in [-0.1, -0.05) is 54.6 Å². The Balaban J connectivity index is 1.41. The molecule has 4 rings (SSSR count). The second-order valence-electron chi connectivity index (χ2n) is 5.94. The number of morpholine rings is 1. The predicted molar refractivity (Wildman–Crippen MR) is 90.0 cm³/mol. The lowest BCUT2D eigenvalue weighted by molar-refractivity contribution is -0.0329. The molecule has 3 aromatic rings. The minimum absolute atomic E-state index is 0.151. The molecule has 1 aliphatic rings. The molecule has 2 heterocycles. The van der Waals surface area contributed by atoms with E-state index in [2.05, 4.69) is 61.9 Å². The van der Waals surface area contributed by atoms with E-state index in [4.69, 9.17) is 4.74 Å². The minimum atomic E-state index is 0.151. The summed E-state index contributed by atoms with van der Waals surface area (Å²) in [6, 6.07) is 18.8. The smallest absolute Gasteiger partial charge is 0.204 e. The van der Waals surface area contributed by atoms with Crippen LogP contribution in [-0.2, 0) is 11.3 Å². The topological polar surface area (TPSA) is 66.9 Å². The van der Waals surface area contributed by atoms with Gasteiger partial charge in [0, 0.05) is 25.2 Å². The third-order valence-electron chi connectivity index (χ3n) is 4.29. The summed E-state index contributed by atoms with van der Waals surface area (Å²) in [5.74, 6) is 0.622. The van der Waals surface area contributed by atoms with Gasteiger partial charge in [-0.05, 0) is 16.3 Å².